The molecule has 3 heterocycles. The van der Waals surface area contributed by atoms with Crippen molar-refractivity contribution in [3.63, 3.8) is 0 Å². The first kappa shape index (κ1) is 12.8. The summed E-state index contributed by atoms with van der Waals surface area (Å²) in [6, 6.07) is 4.77. The summed E-state index contributed by atoms with van der Waals surface area (Å²) in [6.45, 7) is 0.195. The minimum Gasteiger partial charge on any atom is -0.454 e. The van der Waals surface area contributed by atoms with Crippen LogP contribution in [0, 0.1) is 10.1 Å². The van der Waals surface area contributed by atoms with E-state index in [0.29, 0.717) is 5.76 Å². The molecule has 3 aromatic rings. The minimum absolute atomic E-state index is 0.102. The lowest BCUT2D eigenvalue weighted by molar-refractivity contribution is -0.385. The Morgan fingerprint density at radius 3 is 2.90 bits per heavy atom. The van der Waals surface area contributed by atoms with E-state index in [4.69, 9.17) is 4.42 Å². The van der Waals surface area contributed by atoms with E-state index >= 15 is 0 Å². The Morgan fingerprint density at radius 2 is 2.24 bits per heavy atom. The van der Waals surface area contributed by atoms with Crippen LogP contribution in [0.1, 0.15) is 16.3 Å². The van der Waals surface area contributed by atoms with Crippen molar-refractivity contribution in [2.75, 3.05) is 0 Å². The third-order valence-corrected chi connectivity index (χ3v) is 2.73. The van der Waals surface area contributed by atoms with Gasteiger partial charge in [0.15, 0.2) is 5.76 Å². The summed E-state index contributed by atoms with van der Waals surface area (Å²) in [5, 5.41) is 18.2. The first-order chi connectivity index (χ1) is 10.1. The molecule has 0 fully saturated rings. The number of nitrogens with zero attached hydrogens (tertiary/aromatic N) is 5. The highest BCUT2D eigenvalue weighted by molar-refractivity contribution is 5.92. The van der Waals surface area contributed by atoms with Gasteiger partial charge in [0, 0.05) is 12.4 Å². The van der Waals surface area contributed by atoms with Crippen LogP contribution in [0.25, 0.3) is 0 Å². The molecule has 0 unspecified atom stereocenters. The Bertz CT molecular complexity index is 786. The van der Waals surface area contributed by atoms with Crippen LogP contribution in [-0.4, -0.2) is 30.4 Å². The van der Waals surface area contributed by atoms with Gasteiger partial charge in [-0.05, 0) is 18.2 Å². The summed E-state index contributed by atoms with van der Waals surface area (Å²) in [7, 11) is 0. The van der Waals surface area contributed by atoms with Gasteiger partial charge in [0.25, 0.3) is 0 Å². The molecule has 9 heteroatoms. The molecule has 0 aliphatic carbocycles. The van der Waals surface area contributed by atoms with E-state index in [2.05, 4.69) is 10.2 Å². The zero-order valence-electron chi connectivity index (χ0n) is 10.6. The van der Waals surface area contributed by atoms with Crippen molar-refractivity contribution in [3.05, 3.63) is 64.6 Å². The van der Waals surface area contributed by atoms with Gasteiger partial charge in [0.1, 0.15) is 18.2 Å². The number of nitro groups is 1. The van der Waals surface area contributed by atoms with Gasteiger partial charge in [-0.2, -0.15) is 10.2 Å². The number of furan rings is 1. The third-order valence-electron chi connectivity index (χ3n) is 2.73. The Labute approximate surface area is 117 Å². The fraction of sp³-hybridized carbons (Fsp3) is 0.0833. The van der Waals surface area contributed by atoms with Gasteiger partial charge in [-0.1, -0.05) is 0 Å². The molecule has 0 aliphatic rings. The van der Waals surface area contributed by atoms with E-state index in [1.165, 1.54) is 29.3 Å². The maximum Gasteiger partial charge on any atom is 0.313 e. The Kier molecular flexibility index (Phi) is 3.07. The van der Waals surface area contributed by atoms with Gasteiger partial charge in [-0.15, -0.1) is 0 Å². The second-order valence-electron chi connectivity index (χ2n) is 4.17. The molecule has 0 radical (unpaired) electrons. The molecule has 3 aromatic heterocycles. The van der Waals surface area contributed by atoms with Crippen molar-refractivity contribution >= 4 is 11.6 Å². The second-order valence-corrected chi connectivity index (χ2v) is 4.17. The van der Waals surface area contributed by atoms with Gasteiger partial charge in [0.05, 0.1) is 11.5 Å². The maximum absolute atomic E-state index is 12.0. The van der Waals surface area contributed by atoms with Crippen LogP contribution in [-0.2, 0) is 6.54 Å². The predicted molar refractivity (Wildman–Crippen MR) is 68.6 cm³/mol. The molecule has 0 N–H and O–H groups in total. The molecule has 0 amide bonds. The highest BCUT2D eigenvalue weighted by atomic mass is 16.6. The van der Waals surface area contributed by atoms with Gasteiger partial charge in [0.2, 0.25) is 0 Å². The molecule has 9 nitrogen and oxygen atoms in total. The molecule has 0 bridgehead atoms. The standard InChI is InChI=1S/C12H9N5O4/c18-12(16-5-1-4-13-16)11-3-2-10(21-11)8-15-7-9(6-14-15)17(19)20/h1-7H,8H2. The molecule has 0 aliphatic heterocycles. The summed E-state index contributed by atoms with van der Waals surface area (Å²) in [5.74, 6) is 0.205. The summed E-state index contributed by atoms with van der Waals surface area (Å²) in [5.41, 5.74) is -0.102. The SMILES string of the molecule is O=C(c1ccc(Cn2cc([N+](=O)[O-])cn2)o1)n1cccn1. The topological polar surface area (TPSA) is 109 Å². The summed E-state index contributed by atoms with van der Waals surface area (Å²) < 4.78 is 7.92. The van der Waals surface area contributed by atoms with Gasteiger partial charge in [-0.25, -0.2) is 4.68 Å². The molecule has 0 spiro atoms. The van der Waals surface area contributed by atoms with Crippen molar-refractivity contribution in [1.29, 1.82) is 0 Å². The fourth-order valence-corrected chi connectivity index (χ4v) is 1.77. The molecule has 0 atom stereocenters. The molecular formula is C12H9N5O4. The van der Waals surface area contributed by atoms with Crippen LogP contribution in [0.2, 0.25) is 0 Å². The zero-order chi connectivity index (χ0) is 14.8. The molecule has 106 valence electrons. The first-order valence-corrected chi connectivity index (χ1v) is 5.93. The minimum atomic E-state index is -0.529. The molecular weight excluding hydrogens is 278 g/mol. The average Bonchev–Trinajstić information content (AvgIpc) is 3.20. The molecule has 0 saturated carbocycles. The van der Waals surface area contributed by atoms with Crippen LogP contribution in [0.4, 0.5) is 5.69 Å². The number of hydrogen-bond acceptors (Lipinski definition) is 6. The van der Waals surface area contributed by atoms with Gasteiger partial charge >= 0.3 is 11.6 Å². The monoisotopic (exact) mass is 287 g/mol. The second kappa shape index (κ2) is 5.04. The third kappa shape index (κ3) is 2.56. The van der Waals surface area contributed by atoms with Crippen LogP contribution in [0.5, 0.6) is 0 Å². The Balaban J connectivity index is 1.75. The largest absolute Gasteiger partial charge is 0.454 e. The molecule has 0 aromatic carbocycles. The highest BCUT2D eigenvalue weighted by Gasteiger charge is 2.15. The highest BCUT2D eigenvalue weighted by Crippen LogP contribution is 2.13. The Morgan fingerprint density at radius 1 is 1.38 bits per heavy atom. The number of rotatable bonds is 4. The number of aromatic nitrogens is 4. The van der Waals surface area contributed by atoms with Crippen molar-refractivity contribution in [2.45, 2.75) is 6.54 Å². The number of carbonyl (C=O) groups excluding carboxylic acids is 1. The number of hydrogen-bond donors (Lipinski definition) is 0. The quantitative estimate of drug-likeness (QED) is 0.528. The smallest absolute Gasteiger partial charge is 0.313 e. The maximum atomic E-state index is 12.0. The lowest BCUT2D eigenvalue weighted by atomic mass is 10.4. The predicted octanol–water partition coefficient (Wildman–Crippen LogP) is 1.32. The van der Waals surface area contributed by atoms with Crippen LogP contribution in [0.3, 0.4) is 0 Å². The molecule has 21 heavy (non-hydrogen) atoms. The van der Waals surface area contributed by atoms with Crippen molar-refractivity contribution in [1.82, 2.24) is 19.6 Å². The fourth-order valence-electron chi connectivity index (χ4n) is 1.77. The summed E-state index contributed by atoms with van der Waals surface area (Å²) >= 11 is 0. The van der Waals surface area contributed by atoms with E-state index in [1.54, 1.807) is 12.1 Å². The van der Waals surface area contributed by atoms with Crippen LogP contribution in [0.15, 0.2) is 47.4 Å². The van der Waals surface area contributed by atoms with E-state index < -0.39 is 10.8 Å². The van der Waals surface area contributed by atoms with E-state index in [9.17, 15) is 14.9 Å². The van der Waals surface area contributed by atoms with Crippen molar-refractivity contribution < 1.29 is 14.1 Å². The lowest BCUT2D eigenvalue weighted by Gasteiger charge is -1.98. The number of carbonyl (C=O) groups is 1. The van der Waals surface area contributed by atoms with Crippen molar-refractivity contribution in [2.24, 2.45) is 0 Å². The van der Waals surface area contributed by atoms with E-state index in [1.807, 2.05) is 0 Å². The average molecular weight is 287 g/mol. The first-order valence-electron chi connectivity index (χ1n) is 5.93. The zero-order valence-corrected chi connectivity index (χ0v) is 10.6. The molecule has 0 saturated heterocycles. The van der Waals surface area contributed by atoms with Gasteiger partial charge < -0.3 is 4.42 Å². The molecule has 3 rings (SSSR count). The normalized spacial score (nSPS) is 10.7. The van der Waals surface area contributed by atoms with E-state index in [-0.39, 0.29) is 18.0 Å². The Hall–Kier alpha value is -3.23. The van der Waals surface area contributed by atoms with Crippen LogP contribution < -0.4 is 0 Å². The lowest BCUT2D eigenvalue weighted by Crippen LogP contribution is -2.11. The van der Waals surface area contributed by atoms with Crippen LogP contribution >= 0.6 is 0 Å². The van der Waals surface area contributed by atoms with E-state index in [0.717, 1.165) is 10.9 Å². The summed E-state index contributed by atoms with van der Waals surface area (Å²) in [4.78, 5) is 22.0. The van der Waals surface area contributed by atoms with Gasteiger partial charge in [-0.3, -0.25) is 19.6 Å². The summed E-state index contributed by atoms with van der Waals surface area (Å²) in [6.07, 6.45) is 5.45. The van der Waals surface area contributed by atoms with Crippen molar-refractivity contribution in [3.8, 4) is 0 Å².